The number of carbonyl (C=O) groups excluding carboxylic acids is 2. The van der Waals surface area contributed by atoms with Crippen LogP contribution in [0.1, 0.15) is 5.56 Å². The third-order valence-corrected chi connectivity index (χ3v) is 2.79. The maximum atomic E-state index is 9.92. The van der Waals surface area contributed by atoms with Crippen LogP contribution in [-0.2, 0) is 25.6 Å². The van der Waals surface area contributed by atoms with Gasteiger partial charge in [0.05, 0.1) is 13.4 Å². The molecule has 5 nitrogen and oxygen atoms in total. The molecule has 5 heteroatoms. The average molecular weight is 312 g/mol. The predicted molar refractivity (Wildman–Crippen MR) is 89.4 cm³/mol. The second-order valence-electron chi connectivity index (χ2n) is 4.29. The van der Waals surface area contributed by atoms with E-state index in [4.69, 9.17) is 5.73 Å². The number of ether oxygens (including phenoxy) is 2. The van der Waals surface area contributed by atoms with Crippen molar-refractivity contribution in [2.45, 2.75) is 6.54 Å². The van der Waals surface area contributed by atoms with E-state index in [-0.39, 0.29) is 0 Å². The fourth-order valence-electron chi connectivity index (χ4n) is 1.75. The average Bonchev–Trinajstić information content (AvgIpc) is 2.98. The lowest BCUT2D eigenvalue weighted by atomic mass is 10.1. The lowest BCUT2D eigenvalue weighted by Crippen LogP contribution is -1.96. The summed E-state index contributed by atoms with van der Waals surface area (Å²) < 4.78 is 8.28. The molecule has 1 heterocycles. The van der Waals surface area contributed by atoms with E-state index in [0.29, 0.717) is 6.54 Å². The van der Waals surface area contributed by atoms with E-state index in [2.05, 4.69) is 34.3 Å². The highest BCUT2D eigenvalue weighted by atomic mass is 16.6. The van der Waals surface area contributed by atoms with Crippen LogP contribution in [-0.4, -0.2) is 19.0 Å². The van der Waals surface area contributed by atoms with Gasteiger partial charge in [-0.2, -0.15) is 0 Å². The number of nitrogens with one attached hydrogen (secondary N) is 1. The molecule has 23 heavy (non-hydrogen) atoms. The Morgan fingerprint density at radius 2 is 1.65 bits per heavy atom. The molecule has 0 unspecified atom stereocenters. The summed E-state index contributed by atoms with van der Waals surface area (Å²) in [7, 11) is 1.56. The highest BCUT2D eigenvalue weighted by Gasteiger charge is 2.10. The molecule has 0 atom stereocenters. The zero-order valence-electron chi connectivity index (χ0n) is 12.8. The highest BCUT2D eigenvalue weighted by molar-refractivity contribution is 6.04. The summed E-state index contributed by atoms with van der Waals surface area (Å²) in [5, 5.41) is 2.43. The van der Waals surface area contributed by atoms with Crippen molar-refractivity contribution in [3.63, 3.8) is 0 Å². The number of benzene rings is 2. The van der Waals surface area contributed by atoms with Gasteiger partial charge in [0.1, 0.15) is 0 Å². The van der Waals surface area contributed by atoms with Crippen molar-refractivity contribution in [3.05, 3.63) is 78.8 Å². The highest BCUT2D eigenvalue weighted by Crippen LogP contribution is 2.18. The molecule has 0 radical (unpaired) electrons. The largest absolute Gasteiger partial charge is 0.674 e. The summed E-state index contributed by atoms with van der Waals surface area (Å²) in [6.45, 7) is 3.62. The van der Waals surface area contributed by atoms with Gasteiger partial charge in [-0.05, 0) is 10.8 Å². The first-order chi connectivity index (χ1) is 11.1. The van der Waals surface area contributed by atoms with Crippen molar-refractivity contribution in [3.8, 4) is 0 Å². The number of fused-ring (bicyclic) bond motifs is 1. The van der Waals surface area contributed by atoms with Crippen molar-refractivity contribution in [1.82, 2.24) is 0 Å². The zero-order chi connectivity index (χ0) is 17.1. The molecule has 0 aliphatic carbocycles. The Balaban J connectivity index is 0.000000204. The zero-order valence-corrected chi connectivity index (χ0v) is 12.8. The molecule has 1 aliphatic heterocycles. The summed E-state index contributed by atoms with van der Waals surface area (Å²) in [5.74, 6) is -1.16. The molecule has 0 spiro atoms. The van der Waals surface area contributed by atoms with Crippen LogP contribution in [0.4, 0.5) is 0 Å². The van der Waals surface area contributed by atoms with Crippen LogP contribution in [0.25, 0.3) is 16.5 Å². The van der Waals surface area contributed by atoms with Crippen molar-refractivity contribution in [2.75, 3.05) is 7.11 Å². The van der Waals surface area contributed by atoms with E-state index in [9.17, 15) is 9.59 Å². The van der Waals surface area contributed by atoms with Gasteiger partial charge < -0.3 is 15.2 Å². The van der Waals surface area contributed by atoms with Crippen molar-refractivity contribution < 1.29 is 19.1 Å². The smallest absolute Gasteiger partial charge is 0.338 e. The number of methoxy groups -OCH3 is 1. The van der Waals surface area contributed by atoms with E-state index >= 15 is 0 Å². The quantitative estimate of drug-likeness (QED) is 0.480. The second-order valence-corrected chi connectivity index (χ2v) is 4.29. The molecule has 2 aromatic carbocycles. The van der Waals surface area contributed by atoms with E-state index in [1.165, 1.54) is 17.0 Å². The molecule has 1 aliphatic rings. The van der Waals surface area contributed by atoms with Crippen LogP contribution in [0.5, 0.6) is 0 Å². The molecule has 120 valence electrons. The van der Waals surface area contributed by atoms with Gasteiger partial charge in [-0.1, -0.05) is 54.6 Å². The lowest BCUT2D eigenvalue weighted by molar-refractivity contribution is -0.150. The topological polar surface area (TPSA) is 76.4 Å². The maximum Gasteiger partial charge on any atom is 0.338 e. The molecular weight excluding hydrogens is 294 g/mol. The molecule has 3 rings (SSSR count). The minimum Gasteiger partial charge on any atom is -0.674 e. The Morgan fingerprint density at radius 1 is 1.09 bits per heavy atom. The number of hydrogen-bond donors (Lipinski definition) is 0. The van der Waals surface area contributed by atoms with E-state index < -0.39 is 11.9 Å². The van der Waals surface area contributed by atoms with Gasteiger partial charge in [-0.3, -0.25) is 0 Å². The summed E-state index contributed by atoms with van der Waals surface area (Å²) in [4.78, 5) is 19.8. The third-order valence-electron chi connectivity index (χ3n) is 2.79. The van der Waals surface area contributed by atoms with Crippen molar-refractivity contribution in [1.29, 1.82) is 0 Å². The van der Waals surface area contributed by atoms with E-state index in [1.54, 1.807) is 7.11 Å². The fourth-order valence-corrected chi connectivity index (χ4v) is 1.75. The van der Waals surface area contributed by atoms with Gasteiger partial charge in [0.2, 0.25) is 0 Å². The molecule has 0 saturated heterocycles. The van der Waals surface area contributed by atoms with Crippen LogP contribution in [0, 0.1) is 0 Å². The number of cyclic esters (lactones) is 2. The summed E-state index contributed by atoms with van der Waals surface area (Å²) in [5.41, 5.74) is 8.43. The number of esters is 2. The van der Waals surface area contributed by atoms with Crippen LogP contribution in [0.3, 0.4) is 0 Å². The van der Waals surface area contributed by atoms with Gasteiger partial charge in [-0.25, -0.2) is 9.59 Å². The lowest BCUT2D eigenvalue weighted by Gasteiger charge is -2.06. The Kier molecular flexibility index (Phi) is 7.82. The van der Waals surface area contributed by atoms with Crippen LogP contribution < -0.4 is 0 Å². The molecular formula is C18H18NO4-. The standard InChI is InChI=1S/C11H10N.C4H2O3.C3H6O/c12-8-10-6-3-5-9-4-1-2-7-11(9)10;5-3-1-2-4(6)7-3;1-3-4-2/h1-7,12H,8H2;1-2H;3H,1H2,2H3/q-1;;. The first-order valence-corrected chi connectivity index (χ1v) is 6.81. The van der Waals surface area contributed by atoms with E-state index in [1.807, 2.05) is 24.3 Å². The molecule has 2 aromatic rings. The van der Waals surface area contributed by atoms with Gasteiger partial charge in [0, 0.05) is 12.2 Å². The first-order valence-electron chi connectivity index (χ1n) is 6.81. The first kappa shape index (κ1) is 18.1. The Morgan fingerprint density at radius 3 is 2.13 bits per heavy atom. The van der Waals surface area contributed by atoms with Crippen molar-refractivity contribution >= 4 is 22.7 Å². The van der Waals surface area contributed by atoms with Crippen LogP contribution in [0.2, 0.25) is 0 Å². The monoisotopic (exact) mass is 312 g/mol. The van der Waals surface area contributed by atoms with Crippen molar-refractivity contribution in [2.24, 2.45) is 0 Å². The molecule has 0 amide bonds. The van der Waals surface area contributed by atoms with Gasteiger partial charge in [0.15, 0.2) is 0 Å². The van der Waals surface area contributed by atoms with Gasteiger partial charge >= 0.3 is 11.9 Å². The van der Waals surface area contributed by atoms with Gasteiger partial charge in [-0.15, -0.1) is 6.54 Å². The number of carbonyl (C=O) groups is 2. The molecule has 0 fully saturated rings. The molecule has 0 aromatic heterocycles. The Hall–Kier alpha value is -2.92. The summed E-state index contributed by atoms with van der Waals surface area (Å²) >= 11 is 0. The number of hydrogen-bond acceptors (Lipinski definition) is 4. The second kappa shape index (κ2) is 9.92. The van der Waals surface area contributed by atoms with Crippen LogP contribution >= 0.6 is 0 Å². The maximum absolute atomic E-state index is 9.92. The predicted octanol–water partition coefficient (Wildman–Crippen LogP) is 3.79. The fraction of sp³-hybridized carbons (Fsp3) is 0.111. The molecule has 0 saturated carbocycles. The van der Waals surface area contributed by atoms with Crippen LogP contribution in [0.15, 0.2) is 67.5 Å². The number of rotatable bonds is 2. The van der Waals surface area contributed by atoms with E-state index in [0.717, 1.165) is 17.7 Å². The minimum absolute atomic E-state index is 0.362. The normalized spacial score (nSPS) is 11.7. The minimum atomic E-state index is -0.579. The summed E-state index contributed by atoms with van der Waals surface area (Å²) in [6.07, 6.45) is 3.55. The Bertz CT molecular complexity index is 686. The SMILES string of the molecule is C=COC.O=C1C=CC(=O)O1.[NH-]Cc1cccc2ccccc12. The molecule has 1 N–H and O–H groups in total. The molecule has 0 bridgehead atoms. The summed E-state index contributed by atoms with van der Waals surface area (Å²) in [6, 6.07) is 14.3. The Labute approximate surface area is 135 Å². The van der Waals surface area contributed by atoms with Gasteiger partial charge in [0.25, 0.3) is 0 Å². The third kappa shape index (κ3) is 6.15.